The van der Waals surface area contributed by atoms with Crippen LogP contribution >= 0.6 is 0 Å². The number of ether oxygens (including phenoxy) is 2. The van der Waals surface area contributed by atoms with E-state index in [9.17, 15) is 23.1 Å². The fourth-order valence-electron chi connectivity index (χ4n) is 5.13. The number of carboxylic acid groups (broad SMARTS) is 1. The number of anilines is 1. The zero-order chi connectivity index (χ0) is 31.5. The molecule has 0 radical (unpaired) electrons. The fraction of sp³-hybridized carbons (Fsp3) is 0.424. The Kier molecular flexibility index (Phi) is 9.49. The van der Waals surface area contributed by atoms with Gasteiger partial charge in [-0.05, 0) is 106 Å². The normalized spacial score (nSPS) is 16.4. The number of carboxylic acids is 1. The van der Waals surface area contributed by atoms with Crippen LogP contribution in [0.1, 0.15) is 61.9 Å². The van der Waals surface area contributed by atoms with Gasteiger partial charge in [-0.2, -0.15) is 0 Å². The Hall–Kier alpha value is -3.92. The molecular weight excluding hydrogens is 568 g/mol. The Labute approximate surface area is 253 Å². The van der Waals surface area contributed by atoms with Crippen molar-refractivity contribution in [1.29, 1.82) is 0 Å². The van der Waals surface area contributed by atoms with Crippen molar-refractivity contribution in [1.82, 2.24) is 4.98 Å². The van der Waals surface area contributed by atoms with Crippen molar-refractivity contribution in [2.24, 2.45) is 5.92 Å². The summed E-state index contributed by atoms with van der Waals surface area (Å²) in [4.78, 5) is 30.7. The molecule has 1 amide bonds. The first-order chi connectivity index (χ1) is 20.1. The standard InChI is InChI=1S/C33H40N2O7S/c1-21-15-26(41-13-8-14-43(6,39)40)16-22(2)30(21)24-10-7-9-23(17-24)20-35(32(38)42-33(3,4)5)25-11-12-29(34-19-25)27-18-28(27)31(36)37/h7,9-12,15-17,19,27-28H,8,13-14,18,20H2,1-6H3,(H,36,37)/t27?,28-/m1/s1. The average Bonchev–Trinajstić information content (AvgIpc) is 3.70. The summed E-state index contributed by atoms with van der Waals surface area (Å²) in [6.07, 6.45) is 3.31. The molecule has 1 N–H and O–H groups in total. The van der Waals surface area contributed by atoms with Crippen LogP contribution in [-0.2, 0) is 25.9 Å². The fourth-order valence-corrected chi connectivity index (χ4v) is 5.77. The Balaban J connectivity index is 1.56. The minimum atomic E-state index is -3.03. The van der Waals surface area contributed by atoms with Gasteiger partial charge in [-0.25, -0.2) is 13.2 Å². The third-order valence-electron chi connectivity index (χ3n) is 7.17. The lowest BCUT2D eigenvalue weighted by Crippen LogP contribution is -2.36. The van der Waals surface area contributed by atoms with E-state index in [0.717, 1.165) is 27.8 Å². The van der Waals surface area contributed by atoms with Crippen molar-refractivity contribution >= 4 is 27.6 Å². The molecule has 0 bridgehead atoms. The molecule has 1 aliphatic rings. The van der Waals surface area contributed by atoms with Crippen LogP contribution in [-0.4, -0.2) is 54.8 Å². The van der Waals surface area contributed by atoms with Crippen molar-refractivity contribution < 1.29 is 32.6 Å². The summed E-state index contributed by atoms with van der Waals surface area (Å²) in [7, 11) is -3.03. The van der Waals surface area contributed by atoms with Gasteiger partial charge in [-0.3, -0.25) is 14.7 Å². The third-order valence-corrected chi connectivity index (χ3v) is 8.20. The van der Waals surface area contributed by atoms with Gasteiger partial charge in [-0.1, -0.05) is 18.2 Å². The number of aromatic nitrogens is 1. The summed E-state index contributed by atoms with van der Waals surface area (Å²) in [5.74, 6) is -0.550. The Bertz CT molecular complexity index is 1570. The SMILES string of the molecule is Cc1cc(OCCCS(C)(=O)=O)cc(C)c1-c1cccc(CN(C(=O)OC(C)(C)C)c2ccc(C3C[C@H]3C(=O)O)nc2)c1. The maximum absolute atomic E-state index is 13.4. The van der Waals surface area contributed by atoms with Crippen LogP contribution in [0.4, 0.5) is 10.5 Å². The number of benzene rings is 2. The maximum atomic E-state index is 13.4. The number of aliphatic carboxylic acids is 1. The molecule has 1 heterocycles. The second kappa shape index (κ2) is 12.8. The van der Waals surface area contributed by atoms with E-state index in [0.29, 0.717) is 36.6 Å². The van der Waals surface area contributed by atoms with Gasteiger partial charge in [-0.15, -0.1) is 0 Å². The van der Waals surface area contributed by atoms with Gasteiger partial charge in [0, 0.05) is 17.9 Å². The molecule has 4 rings (SSSR count). The van der Waals surface area contributed by atoms with Crippen molar-refractivity contribution in [2.45, 2.75) is 65.5 Å². The van der Waals surface area contributed by atoms with Crippen LogP contribution < -0.4 is 9.64 Å². The number of sulfone groups is 1. The Morgan fingerprint density at radius 3 is 2.33 bits per heavy atom. The minimum Gasteiger partial charge on any atom is -0.494 e. The van der Waals surface area contributed by atoms with Gasteiger partial charge in [0.15, 0.2) is 0 Å². The summed E-state index contributed by atoms with van der Waals surface area (Å²) < 4.78 is 34.3. The molecule has 0 aliphatic heterocycles. The summed E-state index contributed by atoms with van der Waals surface area (Å²) >= 11 is 0. The molecule has 230 valence electrons. The number of hydrogen-bond acceptors (Lipinski definition) is 7. The predicted molar refractivity (Wildman–Crippen MR) is 166 cm³/mol. The molecule has 1 unspecified atom stereocenters. The molecule has 2 aromatic carbocycles. The largest absolute Gasteiger partial charge is 0.494 e. The minimum absolute atomic E-state index is 0.0854. The van der Waals surface area contributed by atoms with Crippen molar-refractivity contribution in [3.63, 3.8) is 0 Å². The highest BCUT2D eigenvalue weighted by Crippen LogP contribution is 2.47. The van der Waals surface area contributed by atoms with Crippen LogP contribution in [0.3, 0.4) is 0 Å². The number of carbonyl (C=O) groups is 2. The van der Waals surface area contributed by atoms with E-state index < -0.39 is 33.4 Å². The third kappa shape index (κ3) is 8.79. The summed E-state index contributed by atoms with van der Waals surface area (Å²) in [6, 6.07) is 15.4. The van der Waals surface area contributed by atoms with E-state index in [2.05, 4.69) is 4.98 Å². The van der Waals surface area contributed by atoms with E-state index in [1.165, 1.54) is 11.2 Å². The van der Waals surface area contributed by atoms with Gasteiger partial charge < -0.3 is 14.6 Å². The topological polar surface area (TPSA) is 123 Å². The molecule has 3 aromatic rings. The summed E-state index contributed by atoms with van der Waals surface area (Å²) in [6.45, 7) is 10.0. The molecule has 1 fully saturated rings. The van der Waals surface area contributed by atoms with Crippen LogP contribution in [0.25, 0.3) is 11.1 Å². The smallest absolute Gasteiger partial charge is 0.415 e. The Morgan fingerprint density at radius 2 is 1.77 bits per heavy atom. The monoisotopic (exact) mass is 608 g/mol. The number of aryl methyl sites for hydroxylation is 2. The first kappa shape index (κ1) is 32.0. The molecule has 1 saturated carbocycles. The zero-order valence-corrected chi connectivity index (χ0v) is 26.4. The summed E-state index contributed by atoms with van der Waals surface area (Å²) in [5.41, 5.74) is 5.52. The van der Waals surface area contributed by atoms with E-state index in [4.69, 9.17) is 9.47 Å². The highest BCUT2D eigenvalue weighted by atomic mass is 32.2. The van der Waals surface area contributed by atoms with Crippen molar-refractivity contribution in [3.8, 4) is 16.9 Å². The first-order valence-corrected chi connectivity index (χ1v) is 16.4. The van der Waals surface area contributed by atoms with Gasteiger partial charge in [0.05, 0.1) is 36.7 Å². The molecule has 2 atom stereocenters. The highest BCUT2D eigenvalue weighted by molar-refractivity contribution is 7.90. The number of pyridine rings is 1. The molecular formula is C33H40N2O7S. The number of hydrogen-bond donors (Lipinski definition) is 1. The van der Waals surface area contributed by atoms with E-state index in [-0.39, 0.29) is 18.2 Å². The average molecular weight is 609 g/mol. The van der Waals surface area contributed by atoms with Crippen LogP contribution in [0.15, 0.2) is 54.7 Å². The predicted octanol–water partition coefficient (Wildman–Crippen LogP) is 6.31. The number of rotatable bonds is 11. The van der Waals surface area contributed by atoms with Gasteiger partial charge >= 0.3 is 12.1 Å². The molecule has 43 heavy (non-hydrogen) atoms. The first-order valence-electron chi connectivity index (χ1n) is 14.3. The highest BCUT2D eigenvalue weighted by Gasteiger charge is 2.45. The lowest BCUT2D eigenvalue weighted by Gasteiger charge is -2.27. The molecule has 0 spiro atoms. The van der Waals surface area contributed by atoms with E-state index in [1.807, 2.05) is 71.0 Å². The van der Waals surface area contributed by atoms with Crippen molar-refractivity contribution in [2.75, 3.05) is 23.5 Å². The summed E-state index contributed by atoms with van der Waals surface area (Å²) in [5, 5.41) is 9.27. The second-order valence-corrected chi connectivity index (χ2v) is 14.5. The molecule has 1 aromatic heterocycles. The molecule has 1 aliphatic carbocycles. The molecule has 0 saturated heterocycles. The quantitative estimate of drug-likeness (QED) is 0.251. The van der Waals surface area contributed by atoms with E-state index >= 15 is 0 Å². The van der Waals surface area contributed by atoms with Crippen LogP contribution in [0, 0.1) is 19.8 Å². The van der Waals surface area contributed by atoms with Crippen molar-refractivity contribution in [3.05, 3.63) is 77.1 Å². The van der Waals surface area contributed by atoms with Crippen LogP contribution in [0.2, 0.25) is 0 Å². The van der Waals surface area contributed by atoms with Gasteiger partial charge in [0.1, 0.15) is 21.2 Å². The number of nitrogens with zero attached hydrogens (tertiary/aromatic N) is 2. The maximum Gasteiger partial charge on any atom is 0.415 e. The lowest BCUT2D eigenvalue weighted by molar-refractivity contribution is -0.138. The van der Waals surface area contributed by atoms with Crippen LogP contribution in [0.5, 0.6) is 5.75 Å². The van der Waals surface area contributed by atoms with E-state index in [1.54, 1.807) is 18.3 Å². The lowest BCUT2D eigenvalue weighted by atomic mass is 9.94. The Morgan fingerprint density at radius 1 is 1.07 bits per heavy atom. The zero-order valence-electron chi connectivity index (χ0n) is 25.6. The molecule has 9 nitrogen and oxygen atoms in total. The van der Waals surface area contributed by atoms with Gasteiger partial charge in [0.2, 0.25) is 0 Å². The van der Waals surface area contributed by atoms with Gasteiger partial charge in [0.25, 0.3) is 0 Å². The number of carbonyl (C=O) groups excluding carboxylic acids is 1. The number of amides is 1. The second-order valence-electron chi connectivity index (χ2n) is 12.3. The molecule has 10 heteroatoms.